The first-order valence-electron chi connectivity index (χ1n) is 10.7. The number of benzene rings is 3. The van der Waals surface area contributed by atoms with E-state index in [0.29, 0.717) is 16.9 Å². The van der Waals surface area contributed by atoms with Crippen LogP contribution in [0, 0.1) is 0 Å². The van der Waals surface area contributed by atoms with Crippen LogP contribution in [0.4, 0.5) is 0 Å². The highest BCUT2D eigenvalue weighted by atomic mass is 32.2. The topological polar surface area (TPSA) is 92.4 Å². The van der Waals surface area contributed by atoms with Crippen molar-refractivity contribution in [2.24, 2.45) is 0 Å². The van der Waals surface area contributed by atoms with Crippen LogP contribution in [0.3, 0.4) is 0 Å². The Hall–Kier alpha value is -3.49. The lowest BCUT2D eigenvalue weighted by Gasteiger charge is -2.22. The van der Waals surface area contributed by atoms with Gasteiger partial charge in [0.2, 0.25) is 10.0 Å². The minimum absolute atomic E-state index is 0.0202. The van der Waals surface area contributed by atoms with Gasteiger partial charge in [-0.1, -0.05) is 60.7 Å². The summed E-state index contributed by atoms with van der Waals surface area (Å²) in [6, 6.07) is 23.8. The maximum atomic E-state index is 13.6. The van der Waals surface area contributed by atoms with Crippen LogP contribution in [-0.4, -0.2) is 41.8 Å². The Morgan fingerprint density at radius 1 is 1.00 bits per heavy atom. The summed E-state index contributed by atoms with van der Waals surface area (Å²) in [5.74, 6) is 0.242. The molecule has 0 aliphatic carbocycles. The second-order valence-corrected chi connectivity index (χ2v) is 9.45. The molecule has 0 fully saturated rings. The summed E-state index contributed by atoms with van der Waals surface area (Å²) in [7, 11) is -3.88. The lowest BCUT2D eigenvalue weighted by molar-refractivity contribution is -0.143. The van der Waals surface area contributed by atoms with Crippen LogP contribution in [0.2, 0.25) is 0 Å². The molecule has 0 saturated heterocycles. The summed E-state index contributed by atoms with van der Waals surface area (Å²) < 4.78 is 33.4. The summed E-state index contributed by atoms with van der Waals surface area (Å²) in [6.07, 6.45) is -0.0235. The molecule has 3 aromatic carbocycles. The maximum absolute atomic E-state index is 13.6. The number of nitrogens with zero attached hydrogens (tertiary/aromatic N) is 2. The molecule has 1 heterocycles. The van der Waals surface area contributed by atoms with Crippen LogP contribution in [0.25, 0.3) is 22.4 Å². The number of fused-ring (bicyclic) bond motifs is 1. The number of nitrogens with one attached hydrogen (secondary N) is 1. The number of ether oxygens (including phenoxy) is 1. The summed E-state index contributed by atoms with van der Waals surface area (Å²) in [6.45, 7) is 2.15. The highest BCUT2D eigenvalue weighted by Gasteiger charge is 2.26. The molecule has 0 bridgehead atoms. The molecule has 8 heteroatoms. The van der Waals surface area contributed by atoms with Gasteiger partial charge in [-0.2, -0.15) is 4.31 Å². The number of sulfonamides is 1. The molecule has 0 unspecified atom stereocenters. The summed E-state index contributed by atoms with van der Waals surface area (Å²) in [5, 5.41) is 0. The summed E-state index contributed by atoms with van der Waals surface area (Å²) >= 11 is 0. The van der Waals surface area contributed by atoms with E-state index in [0.717, 1.165) is 11.1 Å². The van der Waals surface area contributed by atoms with Crippen molar-refractivity contribution >= 4 is 27.0 Å². The number of carbonyl (C=O) groups is 1. The Morgan fingerprint density at radius 2 is 1.70 bits per heavy atom. The molecule has 4 aromatic rings. The van der Waals surface area contributed by atoms with Gasteiger partial charge in [-0.25, -0.2) is 13.4 Å². The smallest absolute Gasteiger partial charge is 0.307 e. The standard InChI is InChI=1S/C25H25N3O4S/c1-2-32-24(29)15-16-28(18-19-9-5-3-6-10-19)33(30,31)21-13-14-22-23(17-21)27-25(26-22)20-11-7-4-8-12-20/h3-14,17H,2,15-16,18H2,1H3,(H,26,27). The molecule has 0 spiro atoms. The number of aromatic amines is 1. The van der Waals surface area contributed by atoms with E-state index in [4.69, 9.17) is 4.74 Å². The lowest BCUT2D eigenvalue weighted by atomic mass is 10.2. The first-order chi connectivity index (χ1) is 16.0. The van der Waals surface area contributed by atoms with Crippen molar-refractivity contribution in [3.8, 4) is 11.4 Å². The lowest BCUT2D eigenvalue weighted by Crippen LogP contribution is -2.33. The largest absolute Gasteiger partial charge is 0.466 e. The Balaban J connectivity index is 1.65. The quantitative estimate of drug-likeness (QED) is 0.372. The van der Waals surface area contributed by atoms with E-state index in [2.05, 4.69) is 9.97 Å². The first kappa shape index (κ1) is 22.7. The fraction of sp³-hybridized carbons (Fsp3) is 0.200. The van der Waals surface area contributed by atoms with Crippen LogP contribution in [-0.2, 0) is 26.1 Å². The fourth-order valence-corrected chi connectivity index (χ4v) is 5.01. The van der Waals surface area contributed by atoms with E-state index in [9.17, 15) is 13.2 Å². The van der Waals surface area contributed by atoms with Gasteiger partial charge in [0.05, 0.1) is 29.0 Å². The number of hydrogen-bond donors (Lipinski definition) is 1. The average molecular weight is 464 g/mol. The first-order valence-corrected chi connectivity index (χ1v) is 12.2. The number of esters is 1. The third-order valence-corrected chi connectivity index (χ3v) is 7.05. The van der Waals surface area contributed by atoms with Crippen molar-refractivity contribution in [1.29, 1.82) is 0 Å². The highest BCUT2D eigenvalue weighted by molar-refractivity contribution is 7.89. The number of aromatic nitrogens is 2. The molecule has 0 radical (unpaired) electrons. The molecule has 170 valence electrons. The molecule has 0 amide bonds. The van der Waals surface area contributed by atoms with Crippen molar-refractivity contribution in [3.05, 3.63) is 84.4 Å². The zero-order valence-electron chi connectivity index (χ0n) is 18.3. The van der Waals surface area contributed by atoms with E-state index in [1.54, 1.807) is 25.1 Å². The fourth-order valence-electron chi connectivity index (χ4n) is 3.55. The highest BCUT2D eigenvalue weighted by Crippen LogP contribution is 2.25. The minimum atomic E-state index is -3.88. The van der Waals surface area contributed by atoms with Gasteiger partial charge in [-0.05, 0) is 30.7 Å². The molecular formula is C25H25N3O4S. The number of rotatable bonds is 9. The van der Waals surface area contributed by atoms with Crippen LogP contribution >= 0.6 is 0 Å². The molecule has 4 rings (SSSR count). The van der Waals surface area contributed by atoms with Crippen molar-refractivity contribution in [3.63, 3.8) is 0 Å². The van der Waals surface area contributed by atoms with Gasteiger partial charge in [0.1, 0.15) is 5.82 Å². The predicted octanol–water partition coefficient (Wildman–Crippen LogP) is 4.37. The van der Waals surface area contributed by atoms with Crippen LogP contribution < -0.4 is 0 Å². The molecule has 1 aromatic heterocycles. The molecule has 1 N–H and O–H groups in total. The van der Waals surface area contributed by atoms with Gasteiger partial charge in [-0.15, -0.1) is 0 Å². The third-order valence-electron chi connectivity index (χ3n) is 5.21. The average Bonchev–Trinajstić information content (AvgIpc) is 3.27. The Bertz CT molecular complexity index is 1340. The molecule has 0 saturated carbocycles. The predicted molar refractivity (Wildman–Crippen MR) is 127 cm³/mol. The van der Waals surface area contributed by atoms with E-state index < -0.39 is 16.0 Å². The molecule has 33 heavy (non-hydrogen) atoms. The zero-order valence-corrected chi connectivity index (χ0v) is 19.1. The monoisotopic (exact) mass is 463 g/mol. The second kappa shape index (κ2) is 9.97. The van der Waals surface area contributed by atoms with E-state index >= 15 is 0 Å². The van der Waals surface area contributed by atoms with Crippen molar-refractivity contribution in [2.75, 3.05) is 13.2 Å². The number of hydrogen-bond acceptors (Lipinski definition) is 5. The SMILES string of the molecule is CCOC(=O)CCN(Cc1ccccc1)S(=O)(=O)c1ccc2nc(-c3ccccc3)[nH]c2c1. The van der Waals surface area contributed by atoms with Crippen molar-refractivity contribution in [1.82, 2.24) is 14.3 Å². The molecule has 7 nitrogen and oxygen atoms in total. The Kier molecular flexibility index (Phi) is 6.86. The van der Waals surface area contributed by atoms with Crippen LogP contribution in [0.5, 0.6) is 0 Å². The van der Waals surface area contributed by atoms with Gasteiger partial charge in [0, 0.05) is 18.7 Å². The molecular weight excluding hydrogens is 438 g/mol. The summed E-state index contributed by atoms with van der Waals surface area (Å²) in [4.78, 5) is 19.8. The van der Waals surface area contributed by atoms with Crippen LogP contribution in [0.15, 0.2) is 83.8 Å². The van der Waals surface area contributed by atoms with Gasteiger partial charge >= 0.3 is 5.97 Å². The number of H-pyrrole nitrogens is 1. The molecule has 0 aliphatic rings. The normalized spacial score (nSPS) is 11.7. The van der Waals surface area contributed by atoms with Crippen LogP contribution in [0.1, 0.15) is 18.9 Å². The van der Waals surface area contributed by atoms with Gasteiger partial charge < -0.3 is 9.72 Å². The second-order valence-electron chi connectivity index (χ2n) is 7.51. The Morgan fingerprint density at radius 3 is 2.39 bits per heavy atom. The van der Waals surface area contributed by atoms with Gasteiger partial charge in [0.25, 0.3) is 0 Å². The van der Waals surface area contributed by atoms with Crippen molar-refractivity contribution in [2.45, 2.75) is 24.8 Å². The third kappa shape index (κ3) is 5.30. The zero-order chi connectivity index (χ0) is 23.3. The number of carbonyl (C=O) groups excluding carboxylic acids is 1. The van der Waals surface area contributed by atoms with Crippen molar-refractivity contribution < 1.29 is 17.9 Å². The summed E-state index contributed by atoms with van der Waals surface area (Å²) in [5.41, 5.74) is 3.05. The van der Waals surface area contributed by atoms with E-state index in [-0.39, 0.29) is 31.0 Å². The van der Waals surface area contributed by atoms with E-state index in [1.807, 2.05) is 60.7 Å². The Labute approximate surface area is 193 Å². The minimum Gasteiger partial charge on any atom is -0.466 e. The van der Waals surface area contributed by atoms with Gasteiger partial charge in [-0.3, -0.25) is 4.79 Å². The molecule has 0 atom stereocenters. The number of imidazole rings is 1. The molecule has 0 aliphatic heterocycles. The van der Waals surface area contributed by atoms with Gasteiger partial charge in [0.15, 0.2) is 0 Å². The maximum Gasteiger partial charge on any atom is 0.307 e. The van der Waals surface area contributed by atoms with E-state index in [1.165, 1.54) is 4.31 Å².